The fraction of sp³-hybridized carbons (Fsp3) is 0.273. The number of nitrogens with one attached hydrogen (secondary N) is 1. The van der Waals surface area contributed by atoms with Crippen LogP contribution >= 0.6 is 11.6 Å². The van der Waals surface area contributed by atoms with E-state index in [2.05, 4.69) is 15.5 Å². The number of rotatable bonds is 4. The van der Waals surface area contributed by atoms with Gasteiger partial charge in [-0.15, -0.1) is 10.2 Å². The highest BCUT2D eigenvalue weighted by Gasteiger charge is 2.13. The van der Waals surface area contributed by atoms with Gasteiger partial charge in [-0.1, -0.05) is 18.5 Å². The Bertz CT molecular complexity index is 515. The summed E-state index contributed by atoms with van der Waals surface area (Å²) < 4.78 is 18.8. The Hall–Kier alpha value is -1.46. The van der Waals surface area contributed by atoms with Gasteiger partial charge >= 0.3 is 0 Å². The maximum atomic E-state index is 13.5. The van der Waals surface area contributed by atoms with Gasteiger partial charge in [-0.05, 0) is 24.7 Å². The molecule has 0 unspecified atom stereocenters. The van der Waals surface area contributed by atoms with Crippen molar-refractivity contribution in [2.45, 2.75) is 13.5 Å². The van der Waals surface area contributed by atoms with Crippen molar-refractivity contribution in [3.63, 3.8) is 0 Å². The van der Waals surface area contributed by atoms with Gasteiger partial charge in [-0.2, -0.15) is 0 Å². The first-order valence-corrected chi connectivity index (χ1v) is 5.57. The lowest BCUT2D eigenvalue weighted by atomic mass is 10.2. The molecule has 0 saturated heterocycles. The molecule has 17 heavy (non-hydrogen) atoms. The fourth-order valence-electron chi connectivity index (χ4n) is 1.33. The largest absolute Gasteiger partial charge is 0.419 e. The topological polar surface area (TPSA) is 51.0 Å². The molecular weight excluding hydrogens is 245 g/mol. The smallest absolute Gasteiger partial charge is 0.250 e. The molecule has 0 radical (unpaired) electrons. The lowest BCUT2D eigenvalue weighted by Crippen LogP contribution is -2.11. The number of hydrogen-bond acceptors (Lipinski definition) is 4. The molecule has 0 aliphatic rings. The molecule has 0 fully saturated rings. The van der Waals surface area contributed by atoms with Crippen LogP contribution in [0.3, 0.4) is 0 Å². The first kappa shape index (κ1) is 12.0. The molecule has 4 nitrogen and oxygen atoms in total. The van der Waals surface area contributed by atoms with Crippen LogP contribution < -0.4 is 5.32 Å². The lowest BCUT2D eigenvalue weighted by molar-refractivity contribution is 0.479. The molecule has 2 rings (SSSR count). The van der Waals surface area contributed by atoms with E-state index < -0.39 is 5.82 Å². The van der Waals surface area contributed by atoms with Gasteiger partial charge in [0.25, 0.3) is 5.89 Å². The molecule has 0 aliphatic heterocycles. The van der Waals surface area contributed by atoms with E-state index in [9.17, 15) is 4.39 Å². The van der Waals surface area contributed by atoms with Crippen molar-refractivity contribution >= 4 is 11.6 Å². The summed E-state index contributed by atoms with van der Waals surface area (Å²) in [5.41, 5.74) is 0.216. The molecule has 0 bridgehead atoms. The van der Waals surface area contributed by atoms with Crippen LogP contribution in [-0.2, 0) is 6.54 Å². The summed E-state index contributed by atoms with van der Waals surface area (Å²) >= 11 is 5.79. The molecule has 1 heterocycles. The Morgan fingerprint density at radius 2 is 2.24 bits per heavy atom. The molecule has 0 saturated carbocycles. The Labute approximate surface area is 103 Å². The molecule has 1 aromatic heterocycles. The van der Waals surface area contributed by atoms with E-state index in [0.717, 1.165) is 6.54 Å². The van der Waals surface area contributed by atoms with Crippen molar-refractivity contribution in [2.24, 2.45) is 0 Å². The van der Waals surface area contributed by atoms with Gasteiger partial charge in [0.2, 0.25) is 5.89 Å². The summed E-state index contributed by atoms with van der Waals surface area (Å²) in [4.78, 5) is 0. The van der Waals surface area contributed by atoms with E-state index in [1.165, 1.54) is 18.2 Å². The Kier molecular flexibility index (Phi) is 3.71. The van der Waals surface area contributed by atoms with Crippen molar-refractivity contribution in [1.29, 1.82) is 0 Å². The van der Waals surface area contributed by atoms with Crippen LogP contribution in [0.25, 0.3) is 11.5 Å². The standard InChI is InChI=1S/C11H11ClFN3O/c1-2-14-6-10-15-16-11(17-10)8-5-7(12)3-4-9(8)13/h3-5,14H,2,6H2,1H3. The van der Waals surface area contributed by atoms with Gasteiger partial charge in [0.05, 0.1) is 12.1 Å². The third kappa shape index (κ3) is 2.81. The van der Waals surface area contributed by atoms with Gasteiger partial charge < -0.3 is 9.73 Å². The molecule has 6 heteroatoms. The summed E-state index contributed by atoms with van der Waals surface area (Å²) in [7, 11) is 0. The van der Waals surface area contributed by atoms with E-state index in [1.54, 1.807) is 0 Å². The molecule has 1 aromatic carbocycles. The molecule has 0 amide bonds. The highest BCUT2D eigenvalue weighted by Crippen LogP contribution is 2.24. The third-order valence-corrected chi connectivity index (χ3v) is 2.39. The van der Waals surface area contributed by atoms with Crippen LogP contribution in [0.15, 0.2) is 22.6 Å². The molecule has 90 valence electrons. The van der Waals surface area contributed by atoms with Gasteiger partial charge in [-0.3, -0.25) is 0 Å². The second-order valence-corrected chi connectivity index (χ2v) is 3.84. The average Bonchev–Trinajstić information content (AvgIpc) is 2.78. The predicted molar refractivity (Wildman–Crippen MR) is 62.1 cm³/mol. The SMILES string of the molecule is CCNCc1nnc(-c2cc(Cl)ccc2F)o1. The molecule has 2 aromatic rings. The van der Waals surface area contributed by atoms with Crippen LogP contribution in [0, 0.1) is 5.82 Å². The molecule has 0 spiro atoms. The van der Waals surface area contributed by atoms with Gasteiger partial charge in [0, 0.05) is 5.02 Å². The van der Waals surface area contributed by atoms with Crippen molar-refractivity contribution in [1.82, 2.24) is 15.5 Å². The Balaban J connectivity index is 2.27. The summed E-state index contributed by atoms with van der Waals surface area (Å²) in [6, 6.07) is 4.20. The van der Waals surface area contributed by atoms with E-state index in [-0.39, 0.29) is 11.5 Å². The average molecular weight is 256 g/mol. The number of hydrogen-bond donors (Lipinski definition) is 1. The zero-order valence-corrected chi connectivity index (χ0v) is 9.96. The highest BCUT2D eigenvalue weighted by atomic mass is 35.5. The van der Waals surface area contributed by atoms with Crippen LogP contribution in [-0.4, -0.2) is 16.7 Å². The van der Waals surface area contributed by atoms with Crippen LogP contribution in [0.2, 0.25) is 5.02 Å². The van der Waals surface area contributed by atoms with Gasteiger partial charge in [-0.25, -0.2) is 4.39 Å². The number of aromatic nitrogens is 2. The molecular formula is C11H11ClFN3O. The fourth-order valence-corrected chi connectivity index (χ4v) is 1.50. The minimum Gasteiger partial charge on any atom is -0.419 e. The predicted octanol–water partition coefficient (Wildman–Crippen LogP) is 2.64. The maximum absolute atomic E-state index is 13.5. The molecule has 1 N–H and O–H groups in total. The number of halogens is 2. The number of benzene rings is 1. The third-order valence-electron chi connectivity index (χ3n) is 2.15. The zero-order valence-electron chi connectivity index (χ0n) is 9.20. The van der Waals surface area contributed by atoms with Crippen LogP contribution in [0.5, 0.6) is 0 Å². The van der Waals surface area contributed by atoms with Crippen molar-refractivity contribution in [3.8, 4) is 11.5 Å². The summed E-state index contributed by atoms with van der Waals surface area (Å²) in [5.74, 6) is 0.118. The van der Waals surface area contributed by atoms with Crippen LogP contribution in [0.1, 0.15) is 12.8 Å². The van der Waals surface area contributed by atoms with Crippen LogP contribution in [0.4, 0.5) is 4.39 Å². The van der Waals surface area contributed by atoms with Crippen molar-refractivity contribution < 1.29 is 8.81 Å². The van der Waals surface area contributed by atoms with Crippen molar-refractivity contribution in [2.75, 3.05) is 6.54 Å². The number of nitrogens with zero attached hydrogens (tertiary/aromatic N) is 2. The second kappa shape index (κ2) is 5.25. The quantitative estimate of drug-likeness (QED) is 0.913. The zero-order chi connectivity index (χ0) is 12.3. The van der Waals surface area contributed by atoms with E-state index in [4.69, 9.17) is 16.0 Å². The van der Waals surface area contributed by atoms with E-state index in [1.807, 2.05) is 6.92 Å². The summed E-state index contributed by atoms with van der Waals surface area (Å²) in [6.45, 7) is 3.23. The summed E-state index contributed by atoms with van der Waals surface area (Å²) in [5, 5.41) is 11.1. The Morgan fingerprint density at radius 1 is 1.41 bits per heavy atom. The molecule has 0 aliphatic carbocycles. The van der Waals surface area contributed by atoms with E-state index >= 15 is 0 Å². The van der Waals surface area contributed by atoms with Gasteiger partial charge in [0.1, 0.15) is 5.82 Å². The summed E-state index contributed by atoms with van der Waals surface area (Å²) in [6.07, 6.45) is 0. The Morgan fingerprint density at radius 3 is 3.00 bits per heavy atom. The van der Waals surface area contributed by atoms with Gasteiger partial charge in [0.15, 0.2) is 0 Å². The van der Waals surface area contributed by atoms with Crippen molar-refractivity contribution in [3.05, 3.63) is 34.9 Å². The molecule has 0 atom stereocenters. The maximum Gasteiger partial charge on any atom is 0.250 e. The minimum atomic E-state index is -0.437. The first-order chi connectivity index (χ1) is 8.20. The first-order valence-electron chi connectivity index (χ1n) is 5.19. The lowest BCUT2D eigenvalue weighted by Gasteiger charge is -1.98. The minimum absolute atomic E-state index is 0.137. The highest BCUT2D eigenvalue weighted by molar-refractivity contribution is 6.30. The monoisotopic (exact) mass is 255 g/mol. The normalized spacial score (nSPS) is 10.8. The second-order valence-electron chi connectivity index (χ2n) is 3.41. The van der Waals surface area contributed by atoms with E-state index in [0.29, 0.717) is 17.5 Å².